The first-order valence-electron chi connectivity index (χ1n) is 8.97. The molecule has 0 fully saturated rings. The quantitative estimate of drug-likeness (QED) is 0.270. The van der Waals surface area contributed by atoms with Gasteiger partial charge in [-0.05, 0) is 19.4 Å². The van der Waals surface area contributed by atoms with E-state index in [9.17, 15) is 19.6 Å². The standard InChI is InChI=1S/C19H25N3O5/c1-3-4-5-8-14(11-22(26)12-23)18(24)20-21-19(25)17-13(2)15-9-6-7-10-16(15)27-17/h6-7,9-10,12,14,26H,3-5,8,11H2,1-2H3,(H,20,24)(H,21,25)/t14-/m0/s1. The van der Waals surface area contributed by atoms with E-state index in [1.54, 1.807) is 13.0 Å². The summed E-state index contributed by atoms with van der Waals surface area (Å²) in [5.41, 5.74) is 5.97. The fraction of sp³-hybridized carbons (Fsp3) is 0.421. The maximum atomic E-state index is 12.4. The Morgan fingerprint density at radius 1 is 1.26 bits per heavy atom. The number of fused-ring (bicyclic) bond motifs is 1. The summed E-state index contributed by atoms with van der Waals surface area (Å²) in [6.45, 7) is 3.66. The summed E-state index contributed by atoms with van der Waals surface area (Å²) in [7, 11) is 0. The molecule has 2 rings (SSSR count). The number of aryl methyl sites for hydroxylation is 1. The summed E-state index contributed by atoms with van der Waals surface area (Å²) in [6.07, 6.45) is 3.42. The summed E-state index contributed by atoms with van der Waals surface area (Å²) in [6, 6.07) is 7.27. The van der Waals surface area contributed by atoms with Gasteiger partial charge >= 0.3 is 5.91 Å². The first kappa shape index (κ1) is 20.4. The molecule has 0 unspecified atom stereocenters. The van der Waals surface area contributed by atoms with Gasteiger partial charge in [0.05, 0.1) is 12.5 Å². The number of para-hydroxylation sites is 1. The highest BCUT2D eigenvalue weighted by Gasteiger charge is 2.23. The number of unbranched alkanes of at least 4 members (excludes halogenated alkanes) is 2. The largest absolute Gasteiger partial charge is 0.451 e. The predicted octanol–water partition coefficient (Wildman–Crippen LogP) is 2.55. The first-order chi connectivity index (χ1) is 13.0. The van der Waals surface area contributed by atoms with Crippen molar-refractivity contribution in [3.05, 3.63) is 35.6 Å². The number of hydroxylamine groups is 2. The molecular weight excluding hydrogens is 350 g/mol. The second-order valence-electron chi connectivity index (χ2n) is 6.42. The van der Waals surface area contributed by atoms with Gasteiger partial charge in [0.2, 0.25) is 12.3 Å². The van der Waals surface area contributed by atoms with E-state index in [4.69, 9.17) is 4.42 Å². The Balaban J connectivity index is 2.00. The molecule has 1 aromatic carbocycles. The minimum atomic E-state index is -0.635. The Hall–Kier alpha value is -2.87. The highest BCUT2D eigenvalue weighted by Crippen LogP contribution is 2.24. The van der Waals surface area contributed by atoms with E-state index in [-0.39, 0.29) is 18.7 Å². The second-order valence-corrected chi connectivity index (χ2v) is 6.42. The topological polar surface area (TPSA) is 112 Å². The smallest absolute Gasteiger partial charge is 0.305 e. The molecule has 0 radical (unpaired) electrons. The van der Waals surface area contributed by atoms with Gasteiger partial charge in [0, 0.05) is 10.9 Å². The van der Waals surface area contributed by atoms with E-state index in [1.165, 1.54) is 0 Å². The van der Waals surface area contributed by atoms with Gasteiger partial charge in [0.15, 0.2) is 5.76 Å². The lowest BCUT2D eigenvalue weighted by atomic mass is 10.0. The van der Waals surface area contributed by atoms with Gasteiger partial charge in [0.25, 0.3) is 0 Å². The van der Waals surface area contributed by atoms with Crippen LogP contribution >= 0.6 is 0 Å². The van der Waals surface area contributed by atoms with Crippen LogP contribution in [0.15, 0.2) is 28.7 Å². The lowest BCUT2D eigenvalue weighted by Crippen LogP contribution is -2.46. The summed E-state index contributed by atoms with van der Waals surface area (Å²) < 4.78 is 5.56. The van der Waals surface area contributed by atoms with Gasteiger partial charge in [-0.3, -0.25) is 30.4 Å². The van der Waals surface area contributed by atoms with Crippen LogP contribution in [0.1, 0.15) is 48.7 Å². The van der Waals surface area contributed by atoms with Crippen molar-refractivity contribution in [2.45, 2.75) is 39.5 Å². The number of furan rings is 1. The maximum absolute atomic E-state index is 12.4. The molecule has 0 aliphatic rings. The number of hydrogen-bond acceptors (Lipinski definition) is 5. The van der Waals surface area contributed by atoms with Crippen molar-refractivity contribution in [2.24, 2.45) is 5.92 Å². The molecule has 3 N–H and O–H groups in total. The molecule has 0 saturated carbocycles. The van der Waals surface area contributed by atoms with Gasteiger partial charge in [0.1, 0.15) is 5.58 Å². The fourth-order valence-corrected chi connectivity index (χ4v) is 2.88. The van der Waals surface area contributed by atoms with Crippen LogP contribution in [-0.2, 0) is 9.59 Å². The lowest BCUT2D eigenvalue weighted by Gasteiger charge is -2.19. The SMILES string of the molecule is CCCCC[C@@H](CN(O)C=O)C(=O)NNC(=O)c1oc2ccccc2c1C. The second kappa shape index (κ2) is 9.72. The molecule has 1 atom stereocenters. The van der Waals surface area contributed by atoms with E-state index in [0.29, 0.717) is 22.6 Å². The number of hydrogen-bond donors (Lipinski definition) is 3. The van der Waals surface area contributed by atoms with Gasteiger partial charge in [-0.25, -0.2) is 5.06 Å². The number of carbonyl (C=O) groups is 3. The highest BCUT2D eigenvalue weighted by atomic mass is 16.5. The van der Waals surface area contributed by atoms with E-state index < -0.39 is 17.7 Å². The Morgan fingerprint density at radius 3 is 2.67 bits per heavy atom. The average molecular weight is 375 g/mol. The molecule has 8 heteroatoms. The molecule has 2 aromatic rings. The Morgan fingerprint density at radius 2 is 2.00 bits per heavy atom. The van der Waals surface area contributed by atoms with Crippen molar-refractivity contribution in [3.8, 4) is 0 Å². The van der Waals surface area contributed by atoms with Crippen molar-refractivity contribution in [1.29, 1.82) is 0 Å². The predicted molar refractivity (Wildman–Crippen MR) is 98.7 cm³/mol. The van der Waals surface area contributed by atoms with E-state index in [0.717, 1.165) is 24.6 Å². The molecule has 0 bridgehead atoms. The molecule has 3 amide bonds. The molecule has 0 spiro atoms. The Labute approximate surface area is 157 Å². The zero-order valence-corrected chi connectivity index (χ0v) is 15.5. The summed E-state index contributed by atoms with van der Waals surface area (Å²) >= 11 is 0. The summed E-state index contributed by atoms with van der Waals surface area (Å²) in [5, 5.41) is 10.6. The van der Waals surface area contributed by atoms with Crippen molar-refractivity contribution >= 4 is 29.2 Å². The van der Waals surface area contributed by atoms with Gasteiger partial charge < -0.3 is 4.42 Å². The number of hydrazine groups is 1. The Kier molecular flexibility index (Phi) is 7.36. The molecule has 1 aromatic heterocycles. The zero-order chi connectivity index (χ0) is 19.8. The Bertz CT molecular complexity index is 802. The van der Waals surface area contributed by atoms with E-state index >= 15 is 0 Å². The molecule has 1 heterocycles. The first-order valence-corrected chi connectivity index (χ1v) is 8.97. The third-order valence-electron chi connectivity index (χ3n) is 4.41. The van der Waals surface area contributed by atoms with Crippen LogP contribution in [0.5, 0.6) is 0 Å². The van der Waals surface area contributed by atoms with E-state index in [1.807, 2.05) is 25.1 Å². The molecule has 0 aliphatic heterocycles. The number of rotatable bonds is 9. The number of amides is 3. The van der Waals surface area contributed by atoms with Crippen LogP contribution in [-0.4, -0.2) is 35.0 Å². The van der Waals surface area contributed by atoms with Crippen LogP contribution in [0.2, 0.25) is 0 Å². The lowest BCUT2D eigenvalue weighted by molar-refractivity contribution is -0.154. The average Bonchev–Trinajstić information content (AvgIpc) is 3.02. The molecule has 8 nitrogen and oxygen atoms in total. The van der Waals surface area contributed by atoms with Crippen molar-refractivity contribution < 1.29 is 24.0 Å². The zero-order valence-electron chi connectivity index (χ0n) is 15.5. The number of nitrogens with one attached hydrogen (secondary N) is 2. The summed E-state index contributed by atoms with van der Waals surface area (Å²) in [5.74, 6) is -1.56. The van der Waals surface area contributed by atoms with Crippen LogP contribution in [0, 0.1) is 12.8 Å². The third-order valence-corrected chi connectivity index (χ3v) is 4.41. The van der Waals surface area contributed by atoms with Gasteiger partial charge in [-0.1, -0.05) is 44.4 Å². The number of carbonyl (C=O) groups excluding carboxylic acids is 3. The van der Waals surface area contributed by atoms with Crippen molar-refractivity contribution in [1.82, 2.24) is 15.9 Å². The van der Waals surface area contributed by atoms with Crippen molar-refractivity contribution in [3.63, 3.8) is 0 Å². The fourth-order valence-electron chi connectivity index (χ4n) is 2.88. The van der Waals surface area contributed by atoms with Crippen LogP contribution in [0.3, 0.4) is 0 Å². The third kappa shape index (κ3) is 5.30. The molecular formula is C19H25N3O5. The van der Waals surface area contributed by atoms with Crippen LogP contribution in [0.25, 0.3) is 11.0 Å². The monoisotopic (exact) mass is 375 g/mol. The van der Waals surface area contributed by atoms with Crippen LogP contribution in [0.4, 0.5) is 0 Å². The van der Waals surface area contributed by atoms with Crippen LogP contribution < -0.4 is 10.9 Å². The minimum Gasteiger partial charge on any atom is -0.451 e. The van der Waals surface area contributed by atoms with E-state index in [2.05, 4.69) is 10.9 Å². The maximum Gasteiger partial charge on any atom is 0.305 e. The molecule has 0 saturated heterocycles. The van der Waals surface area contributed by atoms with Gasteiger partial charge in [-0.2, -0.15) is 0 Å². The molecule has 146 valence electrons. The summed E-state index contributed by atoms with van der Waals surface area (Å²) in [4.78, 5) is 35.4. The molecule has 27 heavy (non-hydrogen) atoms. The van der Waals surface area contributed by atoms with Crippen molar-refractivity contribution in [2.75, 3.05) is 6.54 Å². The normalized spacial score (nSPS) is 11.8. The highest BCUT2D eigenvalue weighted by molar-refractivity contribution is 5.99. The number of benzene rings is 1. The molecule has 0 aliphatic carbocycles. The number of nitrogens with zero attached hydrogens (tertiary/aromatic N) is 1. The van der Waals surface area contributed by atoms with Gasteiger partial charge in [-0.15, -0.1) is 0 Å². The minimum absolute atomic E-state index is 0.121.